The fourth-order valence-corrected chi connectivity index (χ4v) is 4.16. The molecular formula is C29H49N3O4. The van der Waals surface area contributed by atoms with Gasteiger partial charge in [0, 0.05) is 13.1 Å². The summed E-state index contributed by atoms with van der Waals surface area (Å²) in [6.45, 7) is 18.5. The predicted octanol–water partition coefficient (Wildman–Crippen LogP) is 5.83. The van der Waals surface area contributed by atoms with Crippen molar-refractivity contribution in [3.63, 3.8) is 0 Å². The molecule has 7 nitrogen and oxygen atoms in total. The number of benzene rings is 1. The molecule has 3 amide bonds. The Balaban J connectivity index is 3.48. The van der Waals surface area contributed by atoms with Gasteiger partial charge in [-0.3, -0.25) is 9.59 Å². The van der Waals surface area contributed by atoms with Crippen LogP contribution in [0.4, 0.5) is 4.79 Å². The molecular weight excluding hydrogens is 454 g/mol. The van der Waals surface area contributed by atoms with E-state index in [1.807, 2.05) is 39.8 Å². The average Bonchev–Trinajstić information content (AvgIpc) is 2.73. The number of hydrogen-bond donors (Lipinski definition) is 2. The van der Waals surface area contributed by atoms with Gasteiger partial charge in [-0.1, -0.05) is 69.9 Å². The molecule has 0 bridgehead atoms. The molecule has 0 aliphatic rings. The van der Waals surface area contributed by atoms with Crippen molar-refractivity contribution in [2.45, 2.75) is 112 Å². The zero-order valence-electron chi connectivity index (χ0n) is 24.0. The Bertz CT molecular complexity index is 840. The summed E-state index contributed by atoms with van der Waals surface area (Å²) in [6, 6.07) is 4.42. The molecule has 0 saturated carbocycles. The minimum absolute atomic E-state index is 0.153. The van der Waals surface area contributed by atoms with Gasteiger partial charge in [-0.2, -0.15) is 0 Å². The van der Waals surface area contributed by atoms with Crippen LogP contribution < -0.4 is 10.6 Å². The number of ether oxygens (including phenoxy) is 1. The van der Waals surface area contributed by atoms with Gasteiger partial charge in [0.25, 0.3) is 0 Å². The van der Waals surface area contributed by atoms with Gasteiger partial charge in [-0.05, 0) is 65.4 Å². The van der Waals surface area contributed by atoms with Crippen molar-refractivity contribution in [2.24, 2.45) is 5.92 Å². The van der Waals surface area contributed by atoms with Crippen molar-refractivity contribution < 1.29 is 19.1 Å². The number of carbonyl (C=O) groups excluding carboxylic acids is 3. The molecule has 0 fully saturated rings. The highest BCUT2D eigenvalue weighted by atomic mass is 16.6. The number of hydrogen-bond acceptors (Lipinski definition) is 4. The number of aryl methyl sites for hydroxylation is 2. The fourth-order valence-electron chi connectivity index (χ4n) is 4.16. The third kappa shape index (κ3) is 11.0. The normalized spacial score (nSPS) is 13.2. The molecule has 1 rings (SSSR count). The van der Waals surface area contributed by atoms with E-state index in [0.29, 0.717) is 19.5 Å². The first-order valence-electron chi connectivity index (χ1n) is 13.4. The Kier molecular flexibility index (Phi) is 13.0. The van der Waals surface area contributed by atoms with Crippen LogP contribution in [0.5, 0.6) is 0 Å². The van der Waals surface area contributed by atoms with Crippen LogP contribution in [0.2, 0.25) is 0 Å². The lowest BCUT2D eigenvalue weighted by Gasteiger charge is -2.35. The maximum Gasteiger partial charge on any atom is 0.408 e. The van der Waals surface area contributed by atoms with Crippen molar-refractivity contribution in [1.29, 1.82) is 0 Å². The first-order valence-corrected chi connectivity index (χ1v) is 13.4. The minimum atomic E-state index is -0.798. The Morgan fingerprint density at radius 1 is 0.972 bits per heavy atom. The highest BCUT2D eigenvalue weighted by molar-refractivity contribution is 5.92. The van der Waals surface area contributed by atoms with Gasteiger partial charge in [0.05, 0.1) is 0 Å². The number of rotatable bonds is 13. The average molecular weight is 504 g/mol. The quantitative estimate of drug-likeness (QED) is 0.332. The largest absolute Gasteiger partial charge is 0.444 e. The van der Waals surface area contributed by atoms with E-state index < -0.39 is 23.8 Å². The smallest absolute Gasteiger partial charge is 0.408 e. The second-order valence-electron chi connectivity index (χ2n) is 11.2. The second-order valence-corrected chi connectivity index (χ2v) is 11.2. The molecule has 0 radical (unpaired) electrons. The van der Waals surface area contributed by atoms with Crippen LogP contribution in [-0.4, -0.2) is 47.5 Å². The molecule has 0 aromatic heterocycles. The van der Waals surface area contributed by atoms with Gasteiger partial charge in [-0.15, -0.1) is 0 Å². The zero-order chi connectivity index (χ0) is 27.5. The molecule has 7 heteroatoms. The van der Waals surface area contributed by atoms with Crippen LogP contribution in [0.1, 0.15) is 103 Å². The molecule has 0 saturated heterocycles. The lowest BCUT2D eigenvalue weighted by molar-refractivity contribution is -0.142. The Hall–Kier alpha value is -2.57. The maximum atomic E-state index is 14.1. The number of nitrogens with zero attached hydrogens (tertiary/aromatic N) is 1. The van der Waals surface area contributed by atoms with Gasteiger partial charge >= 0.3 is 6.09 Å². The topological polar surface area (TPSA) is 87.7 Å². The van der Waals surface area contributed by atoms with Crippen LogP contribution in [0.25, 0.3) is 0 Å². The zero-order valence-corrected chi connectivity index (χ0v) is 24.0. The molecule has 0 aliphatic carbocycles. The molecule has 0 aliphatic heterocycles. The Labute approximate surface area is 218 Å². The maximum absolute atomic E-state index is 14.1. The number of alkyl carbamates (subject to hydrolysis) is 1. The van der Waals surface area contributed by atoms with Crippen molar-refractivity contribution in [3.8, 4) is 0 Å². The Morgan fingerprint density at radius 2 is 1.56 bits per heavy atom. The minimum Gasteiger partial charge on any atom is -0.444 e. The lowest BCUT2D eigenvalue weighted by Crippen LogP contribution is -2.53. The molecule has 2 atom stereocenters. The summed E-state index contributed by atoms with van der Waals surface area (Å²) in [5, 5.41) is 5.84. The molecule has 2 unspecified atom stereocenters. The first kappa shape index (κ1) is 31.5. The number of amides is 3. The summed E-state index contributed by atoms with van der Waals surface area (Å²) < 4.78 is 5.45. The Morgan fingerprint density at radius 3 is 2.06 bits per heavy atom. The van der Waals surface area contributed by atoms with E-state index in [1.165, 1.54) is 0 Å². The van der Waals surface area contributed by atoms with Crippen LogP contribution in [0.15, 0.2) is 18.2 Å². The highest BCUT2D eigenvalue weighted by Crippen LogP contribution is 2.26. The van der Waals surface area contributed by atoms with E-state index in [-0.39, 0.29) is 17.7 Å². The van der Waals surface area contributed by atoms with Gasteiger partial charge in [-0.25, -0.2) is 4.79 Å². The van der Waals surface area contributed by atoms with Gasteiger partial charge in [0.15, 0.2) is 0 Å². The number of carbonyl (C=O) groups is 3. The monoisotopic (exact) mass is 503 g/mol. The third-order valence-electron chi connectivity index (χ3n) is 5.68. The van der Waals surface area contributed by atoms with Crippen molar-refractivity contribution in [3.05, 3.63) is 34.9 Å². The molecule has 0 heterocycles. The standard InChI is InChI=1S/C29H49N3O4/c1-10-12-14-30-26(33)25(23-18-21(5)17-22(6)19-23)32(15-13-11-2)27(34)24(16-20(3)4)31-28(35)36-29(7,8)9/h17-20,24-25H,10-16H2,1-9H3,(H,30,33)(H,31,35). The van der Waals surface area contributed by atoms with E-state index in [2.05, 4.69) is 30.5 Å². The molecule has 1 aromatic carbocycles. The fraction of sp³-hybridized carbons (Fsp3) is 0.690. The van der Waals surface area contributed by atoms with E-state index in [0.717, 1.165) is 42.4 Å². The summed E-state index contributed by atoms with van der Waals surface area (Å²) in [4.78, 5) is 42.0. The van der Waals surface area contributed by atoms with Crippen LogP contribution in [0, 0.1) is 19.8 Å². The van der Waals surface area contributed by atoms with Crippen molar-refractivity contribution in [2.75, 3.05) is 13.1 Å². The van der Waals surface area contributed by atoms with Crippen molar-refractivity contribution >= 4 is 17.9 Å². The SMILES string of the molecule is CCCCNC(=O)C(c1cc(C)cc(C)c1)N(CCCC)C(=O)C(CC(C)C)NC(=O)OC(C)(C)C. The number of unbranched alkanes of at least 4 members (excludes halogenated alkanes) is 2. The lowest BCUT2D eigenvalue weighted by atomic mass is 9.96. The summed E-state index contributed by atoms with van der Waals surface area (Å²) >= 11 is 0. The molecule has 1 aromatic rings. The van der Waals surface area contributed by atoms with Crippen LogP contribution >= 0.6 is 0 Å². The van der Waals surface area contributed by atoms with Gasteiger partial charge in [0.2, 0.25) is 11.8 Å². The van der Waals surface area contributed by atoms with E-state index >= 15 is 0 Å². The van der Waals surface area contributed by atoms with E-state index in [1.54, 1.807) is 25.7 Å². The molecule has 2 N–H and O–H groups in total. The first-order chi connectivity index (χ1) is 16.8. The number of nitrogens with one attached hydrogen (secondary N) is 2. The van der Waals surface area contributed by atoms with E-state index in [9.17, 15) is 14.4 Å². The summed E-state index contributed by atoms with van der Waals surface area (Å²) in [7, 11) is 0. The van der Waals surface area contributed by atoms with Gasteiger partial charge in [0.1, 0.15) is 17.7 Å². The third-order valence-corrected chi connectivity index (χ3v) is 5.68. The predicted molar refractivity (Wildman–Crippen MR) is 146 cm³/mol. The van der Waals surface area contributed by atoms with Crippen LogP contribution in [-0.2, 0) is 14.3 Å². The molecule has 0 spiro atoms. The second kappa shape index (κ2) is 14.9. The summed E-state index contributed by atoms with van der Waals surface area (Å²) in [6.07, 6.45) is 3.25. The molecule has 36 heavy (non-hydrogen) atoms. The summed E-state index contributed by atoms with van der Waals surface area (Å²) in [5.41, 5.74) is 2.17. The van der Waals surface area contributed by atoms with Gasteiger partial charge < -0.3 is 20.3 Å². The van der Waals surface area contributed by atoms with Crippen LogP contribution in [0.3, 0.4) is 0 Å². The van der Waals surface area contributed by atoms with E-state index in [4.69, 9.17) is 4.74 Å². The molecule has 204 valence electrons. The summed E-state index contributed by atoms with van der Waals surface area (Å²) in [5.74, 6) is -0.309. The highest BCUT2D eigenvalue weighted by Gasteiger charge is 2.36. The van der Waals surface area contributed by atoms with Crippen molar-refractivity contribution in [1.82, 2.24) is 15.5 Å².